The summed E-state index contributed by atoms with van der Waals surface area (Å²) in [4.78, 5) is 6.56. The van der Waals surface area contributed by atoms with E-state index >= 15 is 0 Å². The third kappa shape index (κ3) is 7.58. The summed E-state index contributed by atoms with van der Waals surface area (Å²) in [5.41, 5.74) is 1.16. The third-order valence-corrected chi connectivity index (χ3v) is 5.43. The largest absolute Gasteiger partial charge is 0.492 e. The summed E-state index contributed by atoms with van der Waals surface area (Å²) in [6.07, 6.45) is 4.20. The smallest absolute Gasteiger partial charge is 0.191 e. The van der Waals surface area contributed by atoms with Crippen LogP contribution in [-0.4, -0.2) is 76.6 Å². The predicted octanol–water partition coefficient (Wildman–Crippen LogP) is 2.25. The monoisotopic (exact) mass is 518 g/mol. The van der Waals surface area contributed by atoms with E-state index < -0.39 is 0 Å². The molecule has 2 aliphatic rings. The molecule has 0 saturated carbocycles. The Morgan fingerprint density at radius 1 is 1.28 bits per heavy atom. The molecule has 3 unspecified atom stereocenters. The van der Waals surface area contributed by atoms with Gasteiger partial charge >= 0.3 is 0 Å². The molecule has 3 atom stereocenters. The number of methoxy groups -OCH3 is 1. The van der Waals surface area contributed by atoms with Crippen LogP contribution in [0.25, 0.3) is 0 Å². The highest BCUT2D eigenvalue weighted by Gasteiger charge is 2.41. The first-order valence-electron chi connectivity index (χ1n) is 10.2. The molecular formula is C21H35IN4O3. The number of rotatable bonds is 10. The number of likely N-dealkylation sites (N-methyl/N-ethyl adjacent to an activating group) is 1. The van der Waals surface area contributed by atoms with Gasteiger partial charge in [-0.15, -0.1) is 24.0 Å². The van der Waals surface area contributed by atoms with Crippen LogP contribution in [0.3, 0.4) is 0 Å². The molecule has 2 fully saturated rings. The van der Waals surface area contributed by atoms with E-state index in [0.29, 0.717) is 31.4 Å². The molecule has 1 aromatic carbocycles. The van der Waals surface area contributed by atoms with Crippen molar-refractivity contribution in [2.75, 3.05) is 47.5 Å². The van der Waals surface area contributed by atoms with Gasteiger partial charge in [0.05, 0.1) is 24.9 Å². The summed E-state index contributed by atoms with van der Waals surface area (Å²) < 4.78 is 16.9. The van der Waals surface area contributed by atoms with E-state index in [1.165, 1.54) is 6.42 Å². The molecule has 8 heteroatoms. The van der Waals surface area contributed by atoms with Crippen LogP contribution in [-0.2, 0) is 16.0 Å². The average Bonchev–Trinajstić information content (AvgIpc) is 3.33. The van der Waals surface area contributed by atoms with Crippen LogP contribution in [0.4, 0.5) is 0 Å². The number of ether oxygens (including phenoxy) is 3. The fourth-order valence-electron chi connectivity index (χ4n) is 3.77. The van der Waals surface area contributed by atoms with E-state index in [0.717, 1.165) is 49.8 Å². The maximum atomic E-state index is 5.91. The SMILES string of the molecule is CN=C(NCc1cccc(OCCN(C)CCOC)c1)NC1CC2CCC1O2.I. The Bertz CT molecular complexity index is 646. The Hall–Kier alpha value is -1.10. The fourth-order valence-corrected chi connectivity index (χ4v) is 3.77. The van der Waals surface area contributed by atoms with Crippen molar-refractivity contribution in [1.82, 2.24) is 15.5 Å². The molecule has 164 valence electrons. The second kappa shape index (κ2) is 12.6. The van der Waals surface area contributed by atoms with Crippen LogP contribution in [0.15, 0.2) is 29.3 Å². The molecule has 2 N–H and O–H groups in total. The molecule has 2 bridgehead atoms. The Kier molecular flexibility index (Phi) is 10.5. The van der Waals surface area contributed by atoms with Crippen LogP contribution in [0.2, 0.25) is 0 Å². The lowest BCUT2D eigenvalue weighted by Crippen LogP contribution is -2.47. The maximum absolute atomic E-state index is 5.91. The van der Waals surface area contributed by atoms with Crippen LogP contribution in [0.1, 0.15) is 24.8 Å². The molecule has 29 heavy (non-hydrogen) atoms. The molecule has 2 heterocycles. The number of guanidine groups is 1. The van der Waals surface area contributed by atoms with Gasteiger partial charge in [-0.25, -0.2) is 0 Å². The van der Waals surface area contributed by atoms with Gasteiger partial charge in [-0.2, -0.15) is 0 Å². The topological polar surface area (TPSA) is 67.4 Å². The summed E-state index contributed by atoms with van der Waals surface area (Å²) in [5, 5.41) is 6.91. The van der Waals surface area contributed by atoms with Gasteiger partial charge in [-0.3, -0.25) is 4.99 Å². The van der Waals surface area contributed by atoms with Gasteiger partial charge in [0.15, 0.2) is 5.96 Å². The van der Waals surface area contributed by atoms with Gasteiger partial charge in [0.25, 0.3) is 0 Å². The van der Waals surface area contributed by atoms with Gasteiger partial charge in [-0.1, -0.05) is 12.1 Å². The first-order valence-corrected chi connectivity index (χ1v) is 10.2. The van der Waals surface area contributed by atoms with Gasteiger partial charge < -0.3 is 29.7 Å². The summed E-state index contributed by atoms with van der Waals surface area (Å²) in [7, 11) is 5.60. The molecule has 0 amide bonds. The van der Waals surface area contributed by atoms with Crippen molar-refractivity contribution in [2.24, 2.45) is 4.99 Å². The standard InChI is InChI=1S/C21H34N4O3.HI/c1-22-21(24-19-14-18-7-8-20(19)28-18)23-15-16-5-4-6-17(13-16)27-12-10-25(2)9-11-26-3;/h4-6,13,18-20H,7-12,14-15H2,1-3H3,(H2,22,23,24);1H. The van der Waals surface area contributed by atoms with Gasteiger partial charge in [-0.05, 0) is 44.0 Å². The molecule has 7 nitrogen and oxygen atoms in total. The van der Waals surface area contributed by atoms with Crippen molar-refractivity contribution < 1.29 is 14.2 Å². The van der Waals surface area contributed by atoms with E-state index in [-0.39, 0.29) is 24.0 Å². The number of nitrogens with zero attached hydrogens (tertiary/aromatic N) is 2. The second-order valence-electron chi connectivity index (χ2n) is 7.58. The molecule has 0 aliphatic carbocycles. The quantitative estimate of drug-likeness (QED) is 0.282. The lowest BCUT2D eigenvalue weighted by atomic mass is 9.96. The number of hydrogen-bond donors (Lipinski definition) is 2. The van der Waals surface area contributed by atoms with Crippen molar-refractivity contribution in [3.63, 3.8) is 0 Å². The Balaban J connectivity index is 0.00000300. The summed E-state index contributed by atoms with van der Waals surface area (Å²) >= 11 is 0. The Labute approximate surface area is 191 Å². The van der Waals surface area contributed by atoms with Crippen molar-refractivity contribution >= 4 is 29.9 Å². The van der Waals surface area contributed by atoms with E-state index in [1.807, 2.05) is 19.2 Å². The number of benzene rings is 1. The van der Waals surface area contributed by atoms with Crippen LogP contribution >= 0.6 is 24.0 Å². The normalized spacial score (nSPS) is 23.2. The lowest BCUT2D eigenvalue weighted by molar-refractivity contribution is 0.0992. The Morgan fingerprint density at radius 3 is 2.79 bits per heavy atom. The van der Waals surface area contributed by atoms with E-state index in [9.17, 15) is 0 Å². The molecule has 2 aliphatic heterocycles. The number of fused-ring (bicyclic) bond motifs is 2. The number of aliphatic imine (C=N–C) groups is 1. The molecule has 0 aromatic heterocycles. The minimum atomic E-state index is 0. The minimum Gasteiger partial charge on any atom is -0.492 e. The van der Waals surface area contributed by atoms with E-state index in [1.54, 1.807) is 7.11 Å². The Morgan fingerprint density at radius 2 is 2.10 bits per heavy atom. The van der Waals surface area contributed by atoms with Crippen molar-refractivity contribution in [1.29, 1.82) is 0 Å². The minimum absolute atomic E-state index is 0. The van der Waals surface area contributed by atoms with Gasteiger partial charge in [0, 0.05) is 33.8 Å². The zero-order valence-corrected chi connectivity index (χ0v) is 20.1. The third-order valence-electron chi connectivity index (χ3n) is 5.43. The van der Waals surface area contributed by atoms with Gasteiger partial charge in [0.1, 0.15) is 12.4 Å². The van der Waals surface area contributed by atoms with Gasteiger partial charge in [0.2, 0.25) is 0 Å². The molecule has 0 spiro atoms. The second-order valence-corrected chi connectivity index (χ2v) is 7.58. The van der Waals surface area contributed by atoms with Crippen molar-refractivity contribution in [2.45, 2.75) is 44.1 Å². The van der Waals surface area contributed by atoms with Crippen LogP contribution in [0.5, 0.6) is 5.75 Å². The molecular weight excluding hydrogens is 483 g/mol. The van der Waals surface area contributed by atoms with Crippen LogP contribution < -0.4 is 15.4 Å². The highest BCUT2D eigenvalue weighted by Crippen LogP contribution is 2.34. The maximum Gasteiger partial charge on any atom is 0.191 e. The summed E-state index contributed by atoms with van der Waals surface area (Å²) in [6, 6.07) is 8.57. The zero-order valence-electron chi connectivity index (χ0n) is 17.7. The number of halogens is 1. The average molecular weight is 518 g/mol. The van der Waals surface area contributed by atoms with E-state index in [2.05, 4.69) is 39.7 Å². The first kappa shape index (κ1) is 24.2. The van der Waals surface area contributed by atoms with Crippen molar-refractivity contribution in [3.05, 3.63) is 29.8 Å². The predicted molar refractivity (Wildman–Crippen MR) is 126 cm³/mol. The highest BCUT2D eigenvalue weighted by atomic mass is 127. The van der Waals surface area contributed by atoms with E-state index in [4.69, 9.17) is 14.2 Å². The lowest BCUT2D eigenvalue weighted by Gasteiger charge is -2.22. The molecule has 2 saturated heterocycles. The summed E-state index contributed by atoms with van der Waals surface area (Å²) in [5.74, 6) is 1.72. The molecule has 1 aromatic rings. The number of nitrogens with one attached hydrogen (secondary N) is 2. The summed E-state index contributed by atoms with van der Waals surface area (Å²) in [6.45, 7) is 3.87. The molecule has 3 rings (SSSR count). The fraction of sp³-hybridized carbons (Fsp3) is 0.667. The zero-order chi connectivity index (χ0) is 19.8. The van der Waals surface area contributed by atoms with Crippen molar-refractivity contribution in [3.8, 4) is 5.75 Å². The van der Waals surface area contributed by atoms with Crippen LogP contribution in [0, 0.1) is 0 Å². The first-order chi connectivity index (χ1) is 13.7. The number of hydrogen-bond acceptors (Lipinski definition) is 5. The molecule has 0 radical (unpaired) electrons. The highest BCUT2D eigenvalue weighted by molar-refractivity contribution is 14.0.